The number of amides is 3. The van der Waals surface area contributed by atoms with Gasteiger partial charge in [0.25, 0.3) is 17.7 Å². The molecular weight excluding hydrogens is 1130 g/mol. The highest BCUT2D eigenvalue weighted by molar-refractivity contribution is 6.42. The number of Topliss-reactive ketones (excluding diaryl/α,β-unsaturated/α-hetero) is 1. The third-order valence-electron chi connectivity index (χ3n) is 16.4. The van der Waals surface area contributed by atoms with Gasteiger partial charge in [0, 0.05) is 116 Å². The number of benzene rings is 3. The number of nitrogen functional groups attached to an aromatic ring is 3. The zero-order chi connectivity index (χ0) is 61.7. The van der Waals surface area contributed by atoms with E-state index in [1.165, 1.54) is 0 Å². The minimum absolute atomic E-state index is 0.0277. The van der Waals surface area contributed by atoms with Crippen LogP contribution >= 0.6 is 0 Å². The molecule has 454 valence electrons. The summed E-state index contributed by atoms with van der Waals surface area (Å²) in [5, 5.41) is 16.2. The van der Waals surface area contributed by atoms with Gasteiger partial charge in [-0.1, -0.05) is 48.5 Å². The van der Waals surface area contributed by atoms with Crippen LogP contribution in [0.3, 0.4) is 0 Å². The van der Waals surface area contributed by atoms with Crippen molar-refractivity contribution >= 4 is 103 Å². The molecule has 0 saturated carbocycles. The highest BCUT2D eigenvalue weighted by Gasteiger charge is 2.38. The third-order valence-corrected chi connectivity index (χ3v) is 16.4. The number of piperazine rings is 3. The van der Waals surface area contributed by atoms with E-state index in [1.54, 1.807) is 86.9 Å². The molecule has 4 aliphatic heterocycles. The Morgan fingerprint density at radius 2 is 1.03 bits per heavy atom. The number of hydrogen-bond acceptors (Lipinski definition) is 22. The summed E-state index contributed by atoms with van der Waals surface area (Å²) in [6, 6.07) is 23.8. The Bertz CT molecular complexity index is 4270. The quantitative estimate of drug-likeness (QED) is 0.143. The molecule has 88 heavy (non-hydrogen) atoms. The first-order valence-corrected chi connectivity index (χ1v) is 28.9. The van der Waals surface area contributed by atoms with Crippen LogP contribution < -0.4 is 41.4 Å². The molecule has 0 bridgehead atoms. The summed E-state index contributed by atoms with van der Waals surface area (Å²) >= 11 is 0. The fourth-order valence-corrected chi connectivity index (χ4v) is 11.9. The number of aryl methyl sites for hydroxylation is 3. The molecule has 3 aromatic carbocycles. The van der Waals surface area contributed by atoms with Gasteiger partial charge in [-0.05, 0) is 56.7 Å². The van der Waals surface area contributed by atoms with Gasteiger partial charge in [0.2, 0.25) is 23.6 Å². The summed E-state index contributed by atoms with van der Waals surface area (Å²) in [5.74, 6) is 3.62. The fraction of sp³-hybridized carbons (Fsp3) is 0.350. The lowest BCUT2D eigenvalue weighted by Gasteiger charge is -2.41. The van der Waals surface area contributed by atoms with Crippen LogP contribution in [-0.2, 0) is 37.2 Å². The predicted molar refractivity (Wildman–Crippen MR) is 330 cm³/mol. The molecule has 10 aromatic rings. The van der Waals surface area contributed by atoms with Crippen LogP contribution in [0.5, 0.6) is 11.5 Å². The highest BCUT2D eigenvalue weighted by atomic mass is 16.5. The van der Waals surface area contributed by atoms with E-state index in [-0.39, 0.29) is 47.8 Å². The number of carbonyl (C=O) groups excluding carboxylic acids is 4. The van der Waals surface area contributed by atoms with E-state index in [0.717, 1.165) is 50.2 Å². The molecule has 0 aliphatic carbocycles. The van der Waals surface area contributed by atoms with Crippen LogP contribution in [-0.4, -0.2) is 188 Å². The Labute approximate surface area is 504 Å². The lowest BCUT2D eigenvalue weighted by molar-refractivity contribution is -0.138. The van der Waals surface area contributed by atoms with Gasteiger partial charge in [-0.15, -0.1) is 0 Å². The van der Waals surface area contributed by atoms with Crippen molar-refractivity contribution in [3.8, 4) is 11.5 Å². The van der Waals surface area contributed by atoms with Crippen molar-refractivity contribution in [2.45, 2.75) is 51.4 Å². The summed E-state index contributed by atoms with van der Waals surface area (Å²) in [6.07, 6.45) is 5.41. The molecule has 11 heterocycles. The number of methoxy groups -OCH3 is 1. The van der Waals surface area contributed by atoms with E-state index in [0.29, 0.717) is 105 Å². The van der Waals surface area contributed by atoms with Crippen LogP contribution in [0.15, 0.2) is 102 Å². The second-order valence-corrected chi connectivity index (χ2v) is 22.3. The van der Waals surface area contributed by atoms with Gasteiger partial charge in [-0.25, -0.2) is 0 Å². The predicted octanol–water partition coefficient (Wildman–Crippen LogP) is 3.90. The number of hydrogen-bond donors (Lipinski definition) is 3. The maximum absolute atomic E-state index is 13.1. The van der Waals surface area contributed by atoms with Crippen molar-refractivity contribution in [3.05, 3.63) is 114 Å². The minimum Gasteiger partial charge on any atom is -0.497 e. The van der Waals surface area contributed by atoms with Crippen LogP contribution in [0.4, 0.5) is 35.3 Å². The normalized spacial score (nSPS) is 18.4. The van der Waals surface area contributed by atoms with Crippen LogP contribution in [0.25, 0.3) is 44.1 Å². The summed E-state index contributed by atoms with van der Waals surface area (Å²) in [5.41, 5.74) is 22.0. The first-order valence-electron chi connectivity index (χ1n) is 28.9. The SMILES string of the molecule is COc1ccc2oc(C(=O)N3CCN(c4nc(N)nc5c4cnn5C)[C@@H](C)C3)cc2c1.C[C@H]1CN(C(=O)C(=O)c2ccccc2)CCN1c1nc(N)nc2c1cnn2C.C[C@H]1CN(C(=O)C2Cc3ccccc3O2)CCN1c1nc(N)nc2c1cnn2C. The van der Waals surface area contributed by atoms with E-state index >= 15 is 0 Å². The number of anilines is 6. The topological polar surface area (TPSA) is 328 Å². The molecule has 7 aromatic heterocycles. The largest absolute Gasteiger partial charge is 0.497 e. The van der Waals surface area contributed by atoms with E-state index < -0.39 is 17.8 Å². The highest BCUT2D eigenvalue weighted by Crippen LogP contribution is 2.34. The summed E-state index contributed by atoms with van der Waals surface area (Å²) in [7, 11) is 7.06. The number of rotatable bonds is 8. The molecule has 14 rings (SSSR count). The maximum Gasteiger partial charge on any atom is 0.295 e. The zero-order valence-corrected chi connectivity index (χ0v) is 49.8. The average Bonchev–Trinajstić information content (AvgIpc) is 2.75. The molecule has 28 nitrogen and oxygen atoms in total. The van der Waals surface area contributed by atoms with Crippen molar-refractivity contribution < 1.29 is 33.1 Å². The molecule has 0 radical (unpaired) electrons. The molecule has 3 saturated heterocycles. The molecule has 4 aliphatic rings. The first-order chi connectivity index (χ1) is 42.4. The number of ether oxygens (including phenoxy) is 2. The Balaban J connectivity index is 0.000000129. The Kier molecular flexibility index (Phi) is 15.5. The van der Waals surface area contributed by atoms with Gasteiger partial charge in [0.1, 0.15) is 34.5 Å². The van der Waals surface area contributed by atoms with E-state index in [4.69, 9.17) is 31.1 Å². The Morgan fingerprint density at radius 3 is 1.55 bits per heavy atom. The number of ketones is 1. The van der Waals surface area contributed by atoms with E-state index in [1.807, 2.05) is 74.4 Å². The number of nitrogens with zero attached hydrogens (tertiary/aromatic N) is 18. The lowest BCUT2D eigenvalue weighted by atomic mass is 10.1. The summed E-state index contributed by atoms with van der Waals surface area (Å²) < 4.78 is 22.0. The van der Waals surface area contributed by atoms with Crippen molar-refractivity contribution in [1.82, 2.24) is 73.9 Å². The Hall–Kier alpha value is -10.7. The van der Waals surface area contributed by atoms with Gasteiger partial charge in [0.15, 0.2) is 28.8 Å². The number of furan rings is 1. The monoisotopic (exact) mass is 1190 g/mol. The van der Waals surface area contributed by atoms with Crippen LogP contribution in [0.1, 0.15) is 47.2 Å². The van der Waals surface area contributed by atoms with Gasteiger partial charge < -0.3 is 60.5 Å². The van der Waals surface area contributed by atoms with E-state index in [2.05, 4.69) is 73.7 Å². The molecule has 3 fully saturated rings. The number of para-hydroxylation sites is 1. The van der Waals surface area contributed by atoms with Crippen molar-refractivity contribution in [3.63, 3.8) is 0 Å². The maximum atomic E-state index is 13.1. The number of carbonyl (C=O) groups is 4. The molecule has 4 atom stereocenters. The molecule has 28 heteroatoms. The number of nitrogens with two attached hydrogens (primary N) is 3. The smallest absolute Gasteiger partial charge is 0.295 e. The van der Waals surface area contributed by atoms with Gasteiger partial charge in [0.05, 0.1) is 41.9 Å². The third kappa shape index (κ3) is 11.1. The van der Waals surface area contributed by atoms with E-state index in [9.17, 15) is 19.2 Å². The molecule has 0 spiro atoms. The molecule has 1 unspecified atom stereocenters. The second-order valence-electron chi connectivity index (χ2n) is 22.3. The first kappa shape index (κ1) is 57.7. The van der Waals surface area contributed by atoms with Crippen molar-refractivity contribution in [2.24, 2.45) is 21.1 Å². The lowest BCUT2D eigenvalue weighted by Crippen LogP contribution is -2.56. The van der Waals surface area contributed by atoms with Crippen molar-refractivity contribution in [1.29, 1.82) is 0 Å². The standard InChI is InChI=1S/C21H23N7O3.C20H23N7O2.C19H21N7O2/c1-12-11-27(20(29)17-9-13-8-14(30-3)4-5-16(13)31-17)6-7-28(12)19-15-10-23-26(2)18(15)24-21(22)25-19;1-12-11-26(19(28)16-9-13-5-3-4-6-15(13)29-16)7-8-27(12)18-14-10-22-25(2)17(14)23-20(21)24-18;1-12-11-25(18(28)15(27)13-6-4-3-5-7-13)8-9-26(12)17-14-10-21-24(2)16(14)22-19(20)23-17/h4-5,8-10,12H,6-7,11H2,1-3H3,(H2,22,24,25);3-6,10,12,16H,7-9,11H2,1-2H3,(H2,21,23,24);3-7,10,12H,8-9,11H2,1-2H3,(H2,20,22,23)/t12-;12-,16?;12-/m000/s1. The van der Waals surface area contributed by atoms with Crippen LogP contribution in [0.2, 0.25) is 0 Å². The summed E-state index contributed by atoms with van der Waals surface area (Å²) in [4.78, 5) is 89.2. The van der Waals surface area contributed by atoms with Crippen molar-refractivity contribution in [2.75, 3.05) is 97.9 Å². The Morgan fingerprint density at radius 1 is 0.557 bits per heavy atom. The fourth-order valence-electron chi connectivity index (χ4n) is 11.9. The number of aromatic nitrogens is 12. The van der Waals surface area contributed by atoms with Crippen LogP contribution in [0, 0.1) is 0 Å². The molecular formula is C60H67N21O7. The van der Waals surface area contributed by atoms with Gasteiger partial charge >= 0.3 is 0 Å². The molecule has 6 N–H and O–H groups in total. The van der Waals surface area contributed by atoms with Gasteiger partial charge in [-0.3, -0.25) is 33.2 Å². The second kappa shape index (κ2) is 23.7. The zero-order valence-electron chi connectivity index (χ0n) is 49.8. The minimum atomic E-state index is -0.484. The van der Waals surface area contributed by atoms with Gasteiger partial charge in [-0.2, -0.15) is 45.2 Å². The molecule has 3 amide bonds. The average molecular weight is 1190 g/mol. The summed E-state index contributed by atoms with van der Waals surface area (Å²) in [6.45, 7) is 11.1. The number of fused-ring (bicyclic) bond motifs is 5.